The summed E-state index contributed by atoms with van der Waals surface area (Å²) in [5.41, 5.74) is 0. The number of rotatable bonds is 8. The van der Waals surface area contributed by atoms with Gasteiger partial charge < -0.3 is 35.0 Å². The van der Waals surface area contributed by atoms with Gasteiger partial charge in [-0.1, -0.05) is 0 Å². The fourth-order valence-corrected chi connectivity index (χ4v) is 0.855. The number of ether oxygens (including phenoxy) is 2. The summed E-state index contributed by atoms with van der Waals surface area (Å²) in [6.07, 6.45) is -6.53. The molecule has 0 aromatic rings. The van der Waals surface area contributed by atoms with Crippen LogP contribution in [0, 0.1) is 0 Å². The standard InChI is InChI=1S/C8H18O7/c1-14-2-3-15-8(13)7(12)6(11)5(10)4-9/h5-13H,2-4H2,1H3. The van der Waals surface area contributed by atoms with Crippen molar-refractivity contribution in [3.8, 4) is 0 Å². The molecule has 0 aromatic heterocycles. The maximum Gasteiger partial charge on any atom is 0.183 e. The van der Waals surface area contributed by atoms with Crippen LogP contribution in [0.2, 0.25) is 0 Å². The lowest BCUT2D eigenvalue weighted by molar-refractivity contribution is -0.207. The van der Waals surface area contributed by atoms with Crippen LogP contribution in [-0.2, 0) is 9.47 Å². The molecule has 0 aliphatic rings. The summed E-state index contributed by atoms with van der Waals surface area (Å²) in [7, 11) is 1.44. The van der Waals surface area contributed by atoms with E-state index in [-0.39, 0.29) is 13.2 Å². The van der Waals surface area contributed by atoms with Crippen molar-refractivity contribution in [3.63, 3.8) is 0 Å². The van der Waals surface area contributed by atoms with E-state index < -0.39 is 31.2 Å². The monoisotopic (exact) mass is 226 g/mol. The number of aliphatic hydroxyl groups is 5. The van der Waals surface area contributed by atoms with Gasteiger partial charge in [-0.05, 0) is 0 Å². The van der Waals surface area contributed by atoms with Crippen LogP contribution < -0.4 is 0 Å². The van der Waals surface area contributed by atoms with Gasteiger partial charge in [0.2, 0.25) is 0 Å². The molecular formula is C8H18O7. The Morgan fingerprint density at radius 2 is 1.60 bits per heavy atom. The lowest BCUT2D eigenvalue weighted by Crippen LogP contribution is -2.46. The smallest absolute Gasteiger partial charge is 0.183 e. The molecular weight excluding hydrogens is 208 g/mol. The zero-order chi connectivity index (χ0) is 11.8. The quantitative estimate of drug-likeness (QED) is 0.221. The molecule has 0 bridgehead atoms. The third-order valence-electron chi connectivity index (χ3n) is 1.80. The molecule has 92 valence electrons. The van der Waals surface area contributed by atoms with Gasteiger partial charge in [0.25, 0.3) is 0 Å². The molecule has 0 aromatic carbocycles. The minimum atomic E-state index is -1.69. The molecule has 4 unspecified atom stereocenters. The topological polar surface area (TPSA) is 120 Å². The molecule has 0 aliphatic heterocycles. The molecule has 5 N–H and O–H groups in total. The van der Waals surface area contributed by atoms with Gasteiger partial charge in [-0.3, -0.25) is 0 Å². The van der Waals surface area contributed by atoms with Crippen molar-refractivity contribution in [3.05, 3.63) is 0 Å². The maximum absolute atomic E-state index is 9.25. The van der Waals surface area contributed by atoms with Crippen LogP contribution in [0.5, 0.6) is 0 Å². The minimum Gasteiger partial charge on any atom is -0.394 e. The van der Waals surface area contributed by atoms with Crippen LogP contribution in [-0.4, -0.2) is 77.1 Å². The summed E-state index contributed by atoms with van der Waals surface area (Å²) in [6.45, 7) is -0.456. The lowest BCUT2D eigenvalue weighted by atomic mass is 10.1. The summed E-state index contributed by atoms with van der Waals surface area (Å²) in [4.78, 5) is 0. The summed E-state index contributed by atoms with van der Waals surface area (Å²) in [6, 6.07) is 0. The SMILES string of the molecule is COCCOC(O)C(O)C(O)C(O)CO. The van der Waals surface area contributed by atoms with Crippen molar-refractivity contribution in [2.45, 2.75) is 24.6 Å². The van der Waals surface area contributed by atoms with Crippen LogP contribution in [0.1, 0.15) is 0 Å². The first-order valence-electron chi connectivity index (χ1n) is 4.48. The highest BCUT2D eigenvalue weighted by atomic mass is 16.6. The van der Waals surface area contributed by atoms with Gasteiger partial charge in [0.05, 0.1) is 19.8 Å². The van der Waals surface area contributed by atoms with E-state index >= 15 is 0 Å². The van der Waals surface area contributed by atoms with E-state index in [2.05, 4.69) is 9.47 Å². The van der Waals surface area contributed by atoms with Crippen molar-refractivity contribution in [1.82, 2.24) is 0 Å². The van der Waals surface area contributed by atoms with Gasteiger partial charge in [0.15, 0.2) is 6.29 Å². The molecule has 0 spiro atoms. The zero-order valence-corrected chi connectivity index (χ0v) is 8.48. The molecule has 0 rings (SSSR count). The van der Waals surface area contributed by atoms with Crippen molar-refractivity contribution in [1.29, 1.82) is 0 Å². The number of hydrogen-bond donors (Lipinski definition) is 5. The Hall–Kier alpha value is -0.280. The van der Waals surface area contributed by atoms with E-state index in [1.165, 1.54) is 7.11 Å². The molecule has 0 saturated heterocycles. The Labute approximate surface area is 87.5 Å². The third kappa shape index (κ3) is 5.38. The van der Waals surface area contributed by atoms with E-state index in [0.717, 1.165) is 0 Å². The van der Waals surface area contributed by atoms with Crippen molar-refractivity contribution >= 4 is 0 Å². The predicted octanol–water partition coefficient (Wildman–Crippen LogP) is -2.96. The largest absolute Gasteiger partial charge is 0.394 e. The molecule has 4 atom stereocenters. The van der Waals surface area contributed by atoms with Crippen LogP contribution in [0.15, 0.2) is 0 Å². The van der Waals surface area contributed by atoms with Crippen molar-refractivity contribution in [2.24, 2.45) is 0 Å². The number of methoxy groups -OCH3 is 1. The predicted molar refractivity (Wildman–Crippen MR) is 48.9 cm³/mol. The second kappa shape index (κ2) is 7.94. The molecule has 7 nitrogen and oxygen atoms in total. The fraction of sp³-hybridized carbons (Fsp3) is 1.00. The second-order valence-corrected chi connectivity index (χ2v) is 2.99. The maximum atomic E-state index is 9.25. The van der Waals surface area contributed by atoms with E-state index in [1.807, 2.05) is 0 Å². The lowest BCUT2D eigenvalue weighted by Gasteiger charge is -2.25. The average molecular weight is 226 g/mol. The van der Waals surface area contributed by atoms with E-state index in [4.69, 9.17) is 10.2 Å². The first kappa shape index (κ1) is 14.7. The highest BCUT2D eigenvalue weighted by molar-refractivity contribution is 4.76. The Kier molecular flexibility index (Phi) is 7.79. The van der Waals surface area contributed by atoms with Gasteiger partial charge in [0, 0.05) is 7.11 Å². The van der Waals surface area contributed by atoms with Crippen LogP contribution in [0.4, 0.5) is 0 Å². The zero-order valence-electron chi connectivity index (χ0n) is 8.48. The minimum absolute atomic E-state index is 0.0384. The molecule has 0 amide bonds. The molecule has 7 heteroatoms. The third-order valence-corrected chi connectivity index (χ3v) is 1.80. The van der Waals surface area contributed by atoms with Gasteiger partial charge in [0.1, 0.15) is 18.3 Å². The van der Waals surface area contributed by atoms with Crippen LogP contribution in [0.25, 0.3) is 0 Å². The normalized spacial score (nSPS) is 19.6. The van der Waals surface area contributed by atoms with Crippen LogP contribution >= 0.6 is 0 Å². The summed E-state index contributed by atoms with van der Waals surface area (Å²) >= 11 is 0. The van der Waals surface area contributed by atoms with Gasteiger partial charge >= 0.3 is 0 Å². The number of aliphatic hydroxyl groups excluding tert-OH is 5. The van der Waals surface area contributed by atoms with Crippen molar-refractivity contribution in [2.75, 3.05) is 26.9 Å². The van der Waals surface area contributed by atoms with E-state index in [9.17, 15) is 15.3 Å². The van der Waals surface area contributed by atoms with Crippen LogP contribution in [0.3, 0.4) is 0 Å². The Morgan fingerprint density at radius 1 is 1.00 bits per heavy atom. The fourth-order valence-electron chi connectivity index (χ4n) is 0.855. The molecule has 0 radical (unpaired) electrons. The number of hydrogen-bond acceptors (Lipinski definition) is 7. The summed E-state index contributed by atoms with van der Waals surface area (Å²) in [5, 5.41) is 45.1. The van der Waals surface area contributed by atoms with Gasteiger partial charge in [-0.15, -0.1) is 0 Å². The Bertz CT molecular complexity index is 154. The van der Waals surface area contributed by atoms with E-state index in [0.29, 0.717) is 0 Å². The molecule has 0 heterocycles. The summed E-state index contributed by atoms with van der Waals surface area (Å²) < 4.78 is 9.32. The molecule has 0 saturated carbocycles. The van der Waals surface area contributed by atoms with Crippen molar-refractivity contribution < 1.29 is 35.0 Å². The van der Waals surface area contributed by atoms with E-state index in [1.54, 1.807) is 0 Å². The molecule has 15 heavy (non-hydrogen) atoms. The summed E-state index contributed by atoms with van der Waals surface area (Å²) in [5.74, 6) is 0. The average Bonchev–Trinajstić information content (AvgIpc) is 2.26. The highest BCUT2D eigenvalue weighted by Gasteiger charge is 2.30. The first-order chi connectivity index (χ1) is 7.04. The first-order valence-corrected chi connectivity index (χ1v) is 4.48. The van der Waals surface area contributed by atoms with Gasteiger partial charge in [-0.25, -0.2) is 0 Å². The second-order valence-electron chi connectivity index (χ2n) is 2.99. The highest BCUT2D eigenvalue weighted by Crippen LogP contribution is 2.05. The Balaban J connectivity index is 3.90. The Morgan fingerprint density at radius 3 is 2.07 bits per heavy atom. The molecule has 0 aliphatic carbocycles. The molecule has 0 fully saturated rings. The van der Waals surface area contributed by atoms with Gasteiger partial charge in [-0.2, -0.15) is 0 Å².